The molecule has 1 N–H and O–H groups in total. The Morgan fingerprint density at radius 2 is 1.85 bits per heavy atom. The fourth-order valence-electron chi connectivity index (χ4n) is 3.31. The minimum absolute atomic E-state index is 0.0298. The zero-order valence-corrected chi connectivity index (χ0v) is 16.0. The van der Waals surface area contributed by atoms with Crippen molar-refractivity contribution in [2.75, 3.05) is 32.6 Å². The third-order valence-corrected chi connectivity index (χ3v) is 6.23. The lowest BCUT2D eigenvalue weighted by Gasteiger charge is -2.30. The van der Waals surface area contributed by atoms with Gasteiger partial charge < -0.3 is 14.8 Å². The monoisotopic (exact) mass is 382 g/mol. The molecule has 0 radical (unpaired) electrons. The zero-order valence-electron chi connectivity index (χ0n) is 15.2. The van der Waals surface area contributed by atoms with Crippen LogP contribution in [0.5, 0.6) is 11.5 Å². The highest BCUT2D eigenvalue weighted by atomic mass is 32.2. The van der Waals surface area contributed by atoms with Crippen LogP contribution in [0.1, 0.15) is 37.8 Å². The summed E-state index contributed by atoms with van der Waals surface area (Å²) in [6.45, 7) is 3.99. The first kappa shape index (κ1) is 19.0. The van der Waals surface area contributed by atoms with Gasteiger partial charge in [-0.15, -0.1) is 0 Å². The van der Waals surface area contributed by atoms with Gasteiger partial charge in [0.25, 0.3) is 0 Å². The van der Waals surface area contributed by atoms with E-state index in [4.69, 9.17) is 9.47 Å². The van der Waals surface area contributed by atoms with E-state index in [1.54, 1.807) is 0 Å². The zero-order chi connectivity index (χ0) is 18.7. The van der Waals surface area contributed by atoms with Gasteiger partial charge in [-0.2, -0.15) is 0 Å². The molecule has 1 atom stereocenters. The number of hydrogen-bond donors (Lipinski definition) is 1. The minimum atomic E-state index is -3.18. The Balaban J connectivity index is 1.59. The molecular weight excluding hydrogens is 356 g/mol. The van der Waals surface area contributed by atoms with E-state index in [1.165, 1.54) is 10.6 Å². The van der Waals surface area contributed by atoms with Gasteiger partial charge in [-0.3, -0.25) is 4.79 Å². The van der Waals surface area contributed by atoms with Crippen molar-refractivity contribution in [3.8, 4) is 11.5 Å². The van der Waals surface area contributed by atoms with E-state index in [0.29, 0.717) is 44.9 Å². The van der Waals surface area contributed by atoms with E-state index in [9.17, 15) is 13.2 Å². The van der Waals surface area contributed by atoms with E-state index in [-0.39, 0.29) is 17.9 Å². The van der Waals surface area contributed by atoms with E-state index in [0.717, 1.165) is 17.7 Å². The Hall–Kier alpha value is -1.80. The van der Waals surface area contributed by atoms with Crippen LogP contribution in [0, 0.1) is 5.92 Å². The highest BCUT2D eigenvalue weighted by Crippen LogP contribution is 2.32. The quantitative estimate of drug-likeness (QED) is 0.857. The highest BCUT2D eigenvalue weighted by Gasteiger charge is 2.29. The number of sulfonamides is 1. The second-order valence-electron chi connectivity index (χ2n) is 6.92. The molecule has 1 aromatic carbocycles. The smallest absolute Gasteiger partial charge is 0.223 e. The van der Waals surface area contributed by atoms with E-state index < -0.39 is 10.0 Å². The molecule has 0 aliphatic carbocycles. The number of hydrogen-bond acceptors (Lipinski definition) is 5. The van der Waals surface area contributed by atoms with Crippen molar-refractivity contribution in [3.63, 3.8) is 0 Å². The van der Waals surface area contributed by atoms with E-state index >= 15 is 0 Å². The van der Waals surface area contributed by atoms with Crippen LogP contribution in [0.3, 0.4) is 0 Å². The van der Waals surface area contributed by atoms with Gasteiger partial charge in [0, 0.05) is 25.4 Å². The van der Waals surface area contributed by atoms with Crippen molar-refractivity contribution >= 4 is 15.9 Å². The molecule has 1 amide bonds. The lowest BCUT2D eigenvalue weighted by atomic mass is 9.96. The van der Waals surface area contributed by atoms with Gasteiger partial charge in [-0.05, 0) is 37.5 Å². The lowest BCUT2D eigenvalue weighted by molar-refractivity contribution is -0.126. The topological polar surface area (TPSA) is 84.9 Å². The van der Waals surface area contributed by atoms with Gasteiger partial charge >= 0.3 is 0 Å². The molecule has 3 rings (SSSR count). The van der Waals surface area contributed by atoms with Gasteiger partial charge in [0.15, 0.2) is 11.5 Å². The van der Waals surface area contributed by atoms with Gasteiger partial charge in [-0.25, -0.2) is 12.7 Å². The predicted octanol–water partition coefficient (Wildman–Crippen LogP) is 1.70. The maximum absolute atomic E-state index is 12.5. The summed E-state index contributed by atoms with van der Waals surface area (Å²) in [5.74, 6) is 1.26. The molecule has 2 aliphatic heterocycles. The number of benzene rings is 1. The van der Waals surface area contributed by atoms with Crippen LogP contribution >= 0.6 is 0 Å². The summed E-state index contributed by atoms with van der Waals surface area (Å²) in [6, 6.07) is 5.57. The Kier molecular flexibility index (Phi) is 5.72. The van der Waals surface area contributed by atoms with Gasteiger partial charge in [0.1, 0.15) is 0 Å². The number of carbonyl (C=O) groups excluding carboxylic acids is 1. The number of fused-ring (bicyclic) bond motifs is 1. The molecule has 0 aromatic heterocycles. The number of ether oxygens (including phenoxy) is 2. The Morgan fingerprint density at radius 3 is 2.50 bits per heavy atom. The fourth-order valence-corrected chi connectivity index (χ4v) is 4.19. The maximum atomic E-state index is 12.5. The van der Waals surface area contributed by atoms with Crippen LogP contribution in [0.4, 0.5) is 0 Å². The first-order valence-electron chi connectivity index (χ1n) is 8.99. The Bertz CT molecular complexity index is 757. The molecule has 26 heavy (non-hydrogen) atoms. The summed E-state index contributed by atoms with van der Waals surface area (Å²) in [6.07, 6.45) is 3.15. The molecule has 7 nitrogen and oxygen atoms in total. The van der Waals surface area contributed by atoms with Crippen LogP contribution in [0.15, 0.2) is 18.2 Å². The van der Waals surface area contributed by atoms with E-state index in [2.05, 4.69) is 5.32 Å². The first-order valence-corrected chi connectivity index (χ1v) is 10.8. The number of amides is 1. The first-order chi connectivity index (χ1) is 12.3. The number of carbonyl (C=O) groups is 1. The number of piperidine rings is 1. The molecular formula is C18H26N2O5S. The minimum Gasteiger partial charge on any atom is -0.490 e. The maximum Gasteiger partial charge on any atom is 0.223 e. The highest BCUT2D eigenvalue weighted by molar-refractivity contribution is 7.88. The summed E-state index contributed by atoms with van der Waals surface area (Å²) in [7, 11) is -3.18. The van der Waals surface area contributed by atoms with Crippen molar-refractivity contribution in [3.05, 3.63) is 23.8 Å². The largest absolute Gasteiger partial charge is 0.490 e. The van der Waals surface area contributed by atoms with E-state index in [1.807, 2.05) is 25.1 Å². The summed E-state index contributed by atoms with van der Waals surface area (Å²) in [4.78, 5) is 12.5. The third-order valence-electron chi connectivity index (χ3n) is 4.92. The summed E-state index contributed by atoms with van der Waals surface area (Å²) in [5, 5.41) is 3.04. The molecule has 8 heteroatoms. The van der Waals surface area contributed by atoms with Crippen LogP contribution in [-0.2, 0) is 14.8 Å². The molecule has 0 bridgehead atoms. The molecule has 0 unspecified atom stereocenters. The summed E-state index contributed by atoms with van der Waals surface area (Å²) >= 11 is 0. The lowest BCUT2D eigenvalue weighted by Crippen LogP contribution is -2.43. The SMILES string of the molecule is C[C@@H](NC(=O)C1CCN(S(C)(=O)=O)CC1)c1ccc2c(c1)OCCCO2. The Labute approximate surface area is 154 Å². The summed E-state index contributed by atoms with van der Waals surface area (Å²) < 4.78 is 35.9. The molecule has 1 saturated heterocycles. The molecule has 1 aromatic rings. The second kappa shape index (κ2) is 7.84. The number of nitrogens with zero attached hydrogens (tertiary/aromatic N) is 1. The summed E-state index contributed by atoms with van der Waals surface area (Å²) in [5.41, 5.74) is 0.955. The standard InChI is InChI=1S/C18H26N2O5S/c1-13(15-4-5-16-17(12-15)25-11-3-10-24-16)19-18(21)14-6-8-20(9-7-14)26(2,22)23/h4-5,12-14H,3,6-11H2,1-2H3,(H,19,21)/t13-/m1/s1. The molecule has 0 spiro atoms. The van der Waals surface area contributed by atoms with Crippen LogP contribution in [0.2, 0.25) is 0 Å². The number of nitrogens with one attached hydrogen (secondary N) is 1. The molecule has 2 heterocycles. The van der Waals surface area contributed by atoms with Crippen molar-refractivity contribution in [1.82, 2.24) is 9.62 Å². The molecule has 0 saturated carbocycles. The van der Waals surface area contributed by atoms with Crippen molar-refractivity contribution in [1.29, 1.82) is 0 Å². The van der Waals surface area contributed by atoms with Crippen LogP contribution in [0.25, 0.3) is 0 Å². The van der Waals surface area contributed by atoms with Gasteiger partial charge in [-0.1, -0.05) is 6.07 Å². The van der Waals surface area contributed by atoms with Gasteiger partial charge in [0.2, 0.25) is 15.9 Å². The fraction of sp³-hybridized carbons (Fsp3) is 0.611. The predicted molar refractivity (Wildman–Crippen MR) is 97.7 cm³/mol. The average molecular weight is 382 g/mol. The second-order valence-corrected chi connectivity index (χ2v) is 8.91. The number of rotatable bonds is 4. The van der Waals surface area contributed by atoms with Crippen molar-refractivity contribution in [2.24, 2.45) is 5.92 Å². The van der Waals surface area contributed by atoms with Crippen molar-refractivity contribution < 1.29 is 22.7 Å². The van der Waals surface area contributed by atoms with Crippen LogP contribution in [-0.4, -0.2) is 51.2 Å². The average Bonchev–Trinajstić information content (AvgIpc) is 2.85. The molecule has 144 valence electrons. The van der Waals surface area contributed by atoms with Crippen molar-refractivity contribution in [2.45, 2.75) is 32.2 Å². The van der Waals surface area contributed by atoms with Crippen LogP contribution < -0.4 is 14.8 Å². The third kappa shape index (κ3) is 4.48. The molecule has 2 aliphatic rings. The Morgan fingerprint density at radius 1 is 1.19 bits per heavy atom. The molecule has 1 fully saturated rings. The normalized spacial score (nSPS) is 20.2. The van der Waals surface area contributed by atoms with Gasteiger partial charge in [0.05, 0.1) is 25.5 Å².